The minimum Gasteiger partial charge on any atom is -0.481 e. The van der Waals surface area contributed by atoms with Crippen LogP contribution in [0.1, 0.15) is 48.1 Å². The van der Waals surface area contributed by atoms with Gasteiger partial charge in [0.05, 0.1) is 19.3 Å². The maximum absolute atomic E-state index is 6.04. The molecule has 1 saturated heterocycles. The van der Waals surface area contributed by atoms with Gasteiger partial charge in [-0.1, -0.05) is 12.1 Å². The van der Waals surface area contributed by atoms with Crippen molar-refractivity contribution in [1.82, 2.24) is 14.9 Å². The summed E-state index contributed by atoms with van der Waals surface area (Å²) in [5.41, 5.74) is 6.61. The third-order valence-electron chi connectivity index (χ3n) is 6.99. The number of rotatable bonds is 5. The molecule has 0 N–H and O–H groups in total. The molecule has 1 aliphatic carbocycles. The lowest BCUT2D eigenvalue weighted by molar-refractivity contribution is 0.185. The topological polar surface area (TPSA) is 50.7 Å². The second kappa shape index (κ2) is 8.42. The van der Waals surface area contributed by atoms with Crippen LogP contribution in [0.5, 0.6) is 11.9 Å². The highest BCUT2D eigenvalue weighted by molar-refractivity contribution is 5.59. The van der Waals surface area contributed by atoms with Gasteiger partial charge in [0.25, 0.3) is 0 Å². The van der Waals surface area contributed by atoms with Crippen LogP contribution >= 0.6 is 0 Å². The Labute approximate surface area is 179 Å². The lowest BCUT2D eigenvalue weighted by Crippen LogP contribution is -2.33. The molecule has 0 bridgehead atoms. The molecule has 0 unspecified atom stereocenters. The van der Waals surface area contributed by atoms with Crippen molar-refractivity contribution >= 4 is 5.69 Å². The van der Waals surface area contributed by atoms with Crippen LogP contribution in [0.25, 0.3) is 0 Å². The first kappa shape index (κ1) is 19.6. The predicted molar refractivity (Wildman–Crippen MR) is 118 cm³/mol. The first-order valence-corrected chi connectivity index (χ1v) is 11.4. The summed E-state index contributed by atoms with van der Waals surface area (Å²) in [5.74, 6) is 0.671. The molecule has 1 aromatic heterocycles. The highest BCUT2D eigenvalue weighted by Crippen LogP contribution is 2.35. The summed E-state index contributed by atoms with van der Waals surface area (Å²) >= 11 is 0. The van der Waals surface area contributed by atoms with E-state index in [4.69, 9.17) is 14.5 Å². The monoisotopic (exact) mass is 408 g/mol. The summed E-state index contributed by atoms with van der Waals surface area (Å²) in [4.78, 5) is 14.2. The van der Waals surface area contributed by atoms with E-state index in [1.807, 2.05) is 0 Å². The van der Waals surface area contributed by atoms with Gasteiger partial charge in [0.2, 0.25) is 5.88 Å². The fraction of sp³-hybridized carbons (Fsp3) is 0.583. The number of aromatic nitrogens is 2. The van der Waals surface area contributed by atoms with E-state index in [0.29, 0.717) is 24.5 Å². The van der Waals surface area contributed by atoms with Gasteiger partial charge in [-0.3, -0.25) is 0 Å². The highest BCUT2D eigenvalue weighted by atomic mass is 16.5. The van der Waals surface area contributed by atoms with Crippen molar-refractivity contribution in [1.29, 1.82) is 0 Å². The van der Waals surface area contributed by atoms with E-state index in [1.54, 1.807) is 7.11 Å². The first-order chi connectivity index (χ1) is 14.7. The Hall–Kier alpha value is -2.34. The van der Waals surface area contributed by atoms with E-state index in [-0.39, 0.29) is 0 Å². The predicted octanol–water partition coefficient (Wildman–Crippen LogP) is 3.40. The van der Waals surface area contributed by atoms with Crippen molar-refractivity contribution in [2.75, 3.05) is 38.8 Å². The molecule has 2 aromatic rings. The lowest BCUT2D eigenvalue weighted by Gasteiger charge is -2.33. The van der Waals surface area contributed by atoms with Crippen LogP contribution in [0, 0.1) is 0 Å². The Balaban J connectivity index is 1.38. The second-order valence-corrected chi connectivity index (χ2v) is 8.82. The summed E-state index contributed by atoms with van der Waals surface area (Å²) in [6.45, 7) is 3.52. The number of hydrogen-bond donors (Lipinski definition) is 0. The van der Waals surface area contributed by atoms with Crippen molar-refractivity contribution in [3.63, 3.8) is 0 Å². The second-order valence-electron chi connectivity index (χ2n) is 8.82. The molecule has 3 heterocycles. The Kier molecular flexibility index (Phi) is 5.50. The minimum absolute atomic E-state index is 0.447. The largest absolute Gasteiger partial charge is 0.481 e. The van der Waals surface area contributed by atoms with Crippen molar-refractivity contribution in [3.05, 3.63) is 40.6 Å². The number of ether oxygens (including phenoxy) is 2. The fourth-order valence-electron chi connectivity index (χ4n) is 5.23. The number of benzene rings is 1. The van der Waals surface area contributed by atoms with Crippen LogP contribution in [0.2, 0.25) is 0 Å². The number of hydrogen-bond acceptors (Lipinski definition) is 6. The summed E-state index contributed by atoms with van der Waals surface area (Å²) in [6, 6.07) is 7.68. The van der Waals surface area contributed by atoms with Gasteiger partial charge in [-0.2, -0.15) is 9.97 Å². The van der Waals surface area contributed by atoms with E-state index < -0.39 is 0 Å². The van der Waals surface area contributed by atoms with E-state index in [2.05, 4.69) is 40.0 Å². The van der Waals surface area contributed by atoms with Gasteiger partial charge in [-0.05, 0) is 75.7 Å². The normalized spacial score (nSPS) is 21.3. The van der Waals surface area contributed by atoms with E-state index in [0.717, 1.165) is 37.3 Å². The first-order valence-electron chi connectivity index (χ1n) is 11.4. The summed E-state index contributed by atoms with van der Waals surface area (Å²) in [5, 5.41) is 0. The van der Waals surface area contributed by atoms with Crippen molar-refractivity contribution < 1.29 is 9.47 Å². The molecule has 1 fully saturated rings. The van der Waals surface area contributed by atoms with E-state index in [9.17, 15) is 0 Å². The molecule has 0 spiro atoms. The molecule has 6 nitrogen and oxygen atoms in total. The molecule has 6 heteroatoms. The van der Waals surface area contributed by atoms with E-state index in [1.165, 1.54) is 55.3 Å². The molecular formula is C24H32N4O2. The number of aryl methyl sites for hydroxylation is 1. The maximum atomic E-state index is 6.04. The zero-order valence-corrected chi connectivity index (χ0v) is 18.2. The van der Waals surface area contributed by atoms with Crippen molar-refractivity contribution in [2.24, 2.45) is 0 Å². The van der Waals surface area contributed by atoms with Crippen LogP contribution < -0.4 is 14.4 Å². The standard InChI is InChI=1S/C24H32N4O2/c1-27-13-6-9-18(27)16-30-24-25-21-15-28(14-12-20(21)23(26-24)29-2)22-11-5-8-17-7-3-4-10-19(17)22/h5,8,11,18H,3-4,6-7,9-10,12-16H2,1-2H3/t18-/m0/s1. The quantitative estimate of drug-likeness (QED) is 0.756. The summed E-state index contributed by atoms with van der Waals surface area (Å²) in [7, 11) is 3.85. The number of fused-ring (bicyclic) bond motifs is 2. The Bertz CT molecular complexity index is 916. The van der Waals surface area contributed by atoms with Crippen LogP contribution in [-0.4, -0.2) is 54.8 Å². The maximum Gasteiger partial charge on any atom is 0.320 e. The Morgan fingerprint density at radius 1 is 1.03 bits per heavy atom. The SMILES string of the molecule is COc1nc(OC[C@@H]2CCCN2C)nc2c1CCN(c1cccc3c1CCCC3)C2. The van der Waals surface area contributed by atoms with Crippen LogP contribution in [0.4, 0.5) is 5.69 Å². The molecule has 0 saturated carbocycles. The van der Waals surface area contributed by atoms with Gasteiger partial charge >= 0.3 is 6.01 Å². The number of likely N-dealkylation sites (N-methyl/N-ethyl adjacent to an activating group) is 1. The summed E-state index contributed by atoms with van der Waals surface area (Å²) in [6.07, 6.45) is 8.29. The van der Waals surface area contributed by atoms with Gasteiger partial charge in [0.1, 0.15) is 6.61 Å². The minimum atomic E-state index is 0.447. The van der Waals surface area contributed by atoms with Gasteiger partial charge in [-0.25, -0.2) is 0 Å². The lowest BCUT2D eigenvalue weighted by atomic mass is 9.89. The third-order valence-corrected chi connectivity index (χ3v) is 6.99. The molecule has 3 aliphatic rings. The molecule has 30 heavy (non-hydrogen) atoms. The van der Waals surface area contributed by atoms with Crippen LogP contribution in [0.3, 0.4) is 0 Å². The van der Waals surface area contributed by atoms with Gasteiger partial charge in [-0.15, -0.1) is 0 Å². The molecule has 1 atom stereocenters. The van der Waals surface area contributed by atoms with Crippen molar-refractivity contribution in [2.45, 2.75) is 57.5 Å². The third kappa shape index (κ3) is 3.73. The zero-order valence-electron chi connectivity index (χ0n) is 18.2. The Morgan fingerprint density at radius 3 is 2.77 bits per heavy atom. The van der Waals surface area contributed by atoms with Gasteiger partial charge in [0, 0.05) is 23.8 Å². The molecule has 2 aliphatic heterocycles. The average molecular weight is 409 g/mol. The fourth-order valence-corrected chi connectivity index (χ4v) is 5.23. The molecule has 0 amide bonds. The number of methoxy groups -OCH3 is 1. The molecule has 1 aromatic carbocycles. The number of anilines is 1. The number of nitrogens with zero attached hydrogens (tertiary/aromatic N) is 4. The summed E-state index contributed by atoms with van der Waals surface area (Å²) < 4.78 is 11.7. The average Bonchev–Trinajstić information content (AvgIpc) is 3.21. The smallest absolute Gasteiger partial charge is 0.320 e. The Morgan fingerprint density at radius 2 is 1.93 bits per heavy atom. The zero-order chi connectivity index (χ0) is 20.5. The molecular weight excluding hydrogens is 376 g/mol. The highest BCUT2D eigenvalue weighted by Gasteiger charge is 2.27. The van der Waals surface area contributed by atoms with Gasteiger partial charge in [0.15, 0.2) is 0 Å². The molecule has 0 radical (unpaired) electrons. The number of likely N-dealkylation sites (tertiary alicyclic amines) is 1. The van der Waals surface area contributed by atoms with E-state index >= 15 is 0 Å². The molecule has 5 rings (SSSR count). The van der Waals surface area contributed by atoms with Crippen molar-refractivity contribution in [3.8, 4) is 11.9 Å². The van der Waals surface area contributed by atoms with Crippen LogP contribution in [-0.2, 0) is 25.8 Å². The van der Waals surface area contributed by atoms with Crippen LogP contribution in [0.15, 0.2) is 18.2 Å². The van der Waals surface area contributed by atoms with Gasteiger partial charge < -0.3 is 19.3 Å². The molecule has 160 valence electrons.